The lowest BCUT2D eigenvalue weighted by atomic mass is 10.0. The Morgan fingerprint density at radius 3 is 2.23 bits per heavy atom. The Morgan fingerprint density at radius 2 is 1.62 bits per heavy atom. The molecule has 0 aliphatic rings. The van der Waals surface area contributed by atoms with E-state index >= 15 is 0 Å². The topological polar surface area (TPSA) is 96.0 Å². The summed E-state index contributed by atoms with van der Waals surface area (Å²) in [5, 5.41) is 2.93. The van der Waals surface area contributed by atoms with Gasteiger partial charge in [-0.25, -0.2) is 8.42 Å². The van der Waals surface area contributed by atoms with E-state index in [2.05, 4.69) is 21.2 Å². The Bertz CT molecular complexity index is 1380. The van der Waals surface area contributed by atoms with Crippen LogP contribution in [0.5, 0.6) is 5.75 Å². The molecule has 0 aliphatic heterocycles. The molecule has 1 atom stereocenters. The second-order valence-corrected chi connectivity index (χ2v) is 12.3. The fourth-order valence-corrected chi connectivity index (χ4v) is 5.38. The molecule has 0 fully saturated rings. The summed E-state index contributed by atoms with van der Waals surface area (Å²) in [6.07, 6.45) is 1.31. The lowest BCUT2D eigenvalue weighted by molar-refractivity contribution is -0.140. The summed E-state index contributed by atoms with van der Waals surface area (Å²) in [7, 11) is -2.27. The molecule has 0 spiro atoms. The Balaban J connectivity index is 2.07. The smallest absolute Gasteiger partial charge is 0.244 e. The van der Waals surface area contributed by atoms with Crippen LogP contribution < -0.4 is 14.4 Å². The summed E-state index contributed by atoms with van der Waals surface area (Å²) >= 11 is 3.37. The predicted octanol–water partition coefficient (Wildman–Crippen LogP) is 4.39. The van der Waals surface area contributed by atoms with E-state index < -0.39 is 28.5 Å². The largest absolute Gasteiger partial charge is 0.497 e. The second-order valence-electron chi connectivity index (χ2n) is 9.49. The minimum absolute atomic E-state index is 0.0785. The second kappa shape index (κ2) is 13.6. The number of amides is 2. The average Bonchev–Trinajstić information content (AvgIpc) is 2.88. The molecule has 0 bridgehead atoms. The number of rotatable bonds is 12. The van der Waals surface area contributed by atoms with E-state index in [4.69, 9.17) is 4.74 Å². The van der Waals surface area contributed by atoms with Gasteiger partial charge in [-0.15, -0.1) is 0 Å². The van der Waals surface area contributed by atoms with Gasteiger partial charge in [0, 0.05) is 23.5 Å². The molecular formula is C29H34BrN3O5S. The summed E-state index contributed by atoms with van der Waals surface area (Å²) in [6, 6.07) is 22.3. The molecule has 0 radical (unpaired) electrons. The first kappa shape index (κ1) is 30.2. The summed E-state index contributed by atoms with van der Waals surface area (Å²) in [6.45, 7) is 3.31. The fourth-order valence-electron chi connectivity index (χ4n) is 4.15. The van der Waals surface area contributed by atoms with Gasteiger partial charge in [0.05, 0.1) is 19.1 Å². The van der Waals surface area contributed by atoms with Crippen LogP contribution in [0.1, 0.15) is 25.0 Å². The van der Waals surface area contributed by atoms with Crippen molar-refractivity contribution in [1.82, 2.24) is 10.2 Å². The van der Waals surface area contributed by atoms with Crippen molar-refractivity contribution in [3.05, 3.63) is 94.5 Å². The molecule has 3 aromatic carbocycles. The minimum atomic E-state index is -3.83. The molecular weight excluding hydrogens is 582 g/mol. The highest BCUT2D eigenvalue weighted by molar-refractivity contribution is 9.10. The lowest BCUT2D eigenvalue weighted by Crippen LogP contribution is -2.54. The molecule has 3 aromatic rings. The molecule has 208 valence electrons. The van der Waals surface area contributed by atoms with Crippen LogP contribution in [0.4, 0.5) is 5.69 Å². The van der Waals surface area contributed by atoms with E-state index in [0.29, 0.717) is 15.9 Å². The number of nitrogens with one attached hydrogen (secondary N) is 1. The van der Waals surface area contributed by atoms with Gasteiger partial charge >= 0.3 is 0 Å². The molecule has 8 nitrogen and oxygen atoms in total. The third kappa shape index (κ3) is 8.83. The zero-order chi connectivity index (χ0) is 28.6. The number of carbonyl (C=O) groups excluding carboxylic acids is 2. The van der Waals surface area contributed by atoms with Gasteiger partial charge in [0.15, 0.2) is 0 Å². The maximum atomic E-state index is 14.0. The van der Waals surface area contributed by atoms with Crippen molar-refractivity contribution < 1.29 is 22.7 Å². The highest BCUT2D eigenvalue weighted by Gasteiger charge is 2.33. The van der Waals surface area contributed by atoms with Gasteiger partial charge in [-0.1, -0.05) is 64.5 Å². The van der Waals surface area contributed by atoms with Crippen LogP contribution in [0.25, 0.3) is 0 Å². The molecule has 1 unspecified atom stereocenters. The number of benzene rings is 3. The van der Waals surface area contributed by atoms with E-state index in [1.54, 1.807) is 43.5 Å². The maximum Gasteiger partial charge on any atom is 0.244 e. The van der Waals surface area contributed by atoms with Crippen molar-refractivity contribution in [1.29, 1.82) is 0 Å². The number of anilines is 1. The first-order chi connectivity index (χ1) is 18.5. The number of halogens is 1. The third-order valence-electron chi connectivity index (χ3n) is 5.96. The summed E-state index contributed by atoms with van der Waals surface area (Å²) < 4.78 is 32.7. The molecule has 10 heteroatoms. The molecule has 1 N–H and O–H groups in total. The normalized spacial score (nSPS) is 12.1. The van der Waals surface area contributed by atoms with Crippen LogP contribution in [0.15, 0.2) is 83.3 Å². The van der Waals surface area contributed by atoms with Crippen LogP contribution >= 0.6 is 15.9 Å². The van der Waals surface area contributed by atoms with Crippen LogP contribution in [-0.2, 0) is 32.6 Å². The van der Waals surface area contributed by atoms with Gasteiger partial charge in [-0.05, 0) is 55.3 Å². The molecule has 0 saturated carbocycles. The van der Waals surface area contributed by atoms with Crippen molar-refractivity contribution in [2.75, 3.05) is 24.2 Å². The summed E-state index contributed by atoms with van der Waals surface area (Å²) in [4.78, 5) is 29.0. The number of sulfonamides is 1. The number of hydrogen-bond acceptors (Lipinski definition) is 5. The fraction of sp³-hybridized carbons (Fsp3) is 0.310. The Labute approximate surface area is 239 Å². The molecule has 39 heavy (non-hydrogen) atoms. The number of nitrogens with zero attached hydrogens (tertiary/aromatic N) is 2. The Kier molecular flexibility index (Phi) is 10.5. The predicted molar refractivity (Wildman–Crippen MR) is 157 cm³/mol. The molecule has 0 heterocycles. The first-order valence-electron chi connectivity index (χ1n) is 12.5. The summed E-state index contributed by atoms with van der Waals surface area (Å²) in [5.41, 5.74) is 1.95. The number of hydrogen-bond donors (Lipinski definition) is 1. The Morgan fingerprint density at radius 1 is 0.949 bits per heavy atom. The first-order valence-corrected chi connectivity index (χ1v) is 15.1. The summed E-state index contributed by atoms with van der Waals surface area (Å²) in [5.74, 6) is -0.223. The zero-order valence-corrected chi connectivity index (χ0v) is 24.9. The van der Waals surface area contributed by atoms with Crippen LogP contribution in [0.3, 0.4) is 0 Å². The molecule has 2 amide bonds. The average molecular weight is 617 g/mol. The molecule has 0 aliphatic carbocycles. The number of carbonyl (C=O) groups is 2. The van der Waals surface area contributed by atoms with Crippen LogP contribution in [-0.4, -0.2) is 57.1 Å². The van der Waals surface area contributed by atoms with Gasteiger partial charge in [0.25, 0.3) is 0 Å². The van der Waals surface area contributed by atoms with E-state index in [-0.39, 0.29) is 24.9 Å². The maximum absolute atomic E-state index is 14.0. The van der Waals surface area contributed by atoms with Crippen molar-refractivity contribution in [3.63, 3.8) is 0 Å². The SMILES string of the molecule is COc1cccc(CN(C(=O)CN(c2cccc(Br)c2)S(C)(=O)=O)C(Cc2ccccc2)C(=O)NC(C)C)c1. The number of methoxy groups -OCH3 is 1. The van der Waals surface area contributed by atoms with E-state index in [1.165, 1.54) is 4.90 Å². The monoisotopic (exact) mass is 615 g/mol. The van der Waals surface area contributed by atoms with Crippen molar-refractivity contribution in [2.45, 2.75) is 38.9 Å². The minimum Gasteiger partial charge on any atom is -0.497 e. The van der Waals surface area contributed by atoms with E-state index in [0.717, 1.165) is 21.7 Å². The Hall–Kier alpha value is -3.37. The van der Waals surface area contributed by atoms with Crippen LogP contribution in [0, 0.1) is 0 Å². The quantitative estimate of drug-likeness (QED) is 0.326. The molecule has 0 aromatic heterocycles. The third-order valence-corrected chi connectivity index (χ3v) is 7.60. The van der Waals surface area contributed by atoms with Gasteiger partial charge in [0.1, 0.15) is 18.3 Å². The highest BCUT2D eigenvalue weighted by atomic mass is 79.9. The van der Waals surface area contributed by atoms with Crippen molar-refractivity contribution in [3.8, 4) is 5.75 Å². The van der Waals surface area contributed by atoms with Crippen molar-refractivity contribution >= 4 is 43.5 Å². The zero-order valence-electron chi connectivity index (χ0n) is 22.5. The lowest BCUT2D eigenvalue weighted by Gasteiger charge is -2.34. The van der Waals surface area contributed by atoms with Crippen molar-refractivity contribution in [2.24, 2.45) is 0 Å². The van der Waals surface area contributed by atoms with E-state index in [9.17, 15) is 18.0 Å². The van der Waals surface area contributed by atoms with Crippen LogP contribution in [0.2, 0.25) is 0 Å². The highest BCUT2D eigenvalue weighted by Crippen LogP contribution is 2.24. The van der Waals surface area contributed by atoms with Gasteiger partial charge in [-0.2, -0.15) is 0 Å². The molecule has 0 saturated heterocycles. The number of ether oxygens (including phenoxy) is 1. The standard InChI is InChI=1S/C29H34BrN3O5S/c1-21(2)31-29(35)27(17-22-10-6-5-7-11-22)32(19-23-12-8-15-26(16-23)38-3)28(34)20-33(39(4,36)37)25-14-9-13-24(30)18-25/h5-16,18,21,27H,17,19-20H2,1-4H3,(H,31,35). The molecule has 3 rings (SSSR count). The van der Waals surface area contributed by atoms with Gasteiger partial charge in [0.2, 0.25) is 21.8 Å². The van der Waals surface area contributed by atoms with Gasteiger partial charge < -0.3 is 15.0 Å². The van der Waals surface area contributed by atoms with Gasteiger partial charge in [-0.3, -0.25) is 13.9 Å². The van der Waals surface area contributed by atoms with E-state index in [1.807, 2.05) is 56.3 Å².